The minimum atomic E-state index is -0.565. The van der Waals surface area contributed by atoms with Crippen LogP contribution in [-0.4, -0.2) is 17.2 Å². The number of benzene rings is 2. The summed E-state index contributed by atoms with van der Waals surface area (Å²) < 4.78 is 5.22. The molecular formula is C18H17NO2. The summed E-state index contributed by atoms with van der Waals surface area (Å²) in [5.74, 6) is 0.805. The molecule has 3 nitrogen and oxygen atoms in total. The highest BCUT2D eigenvalue weighted by Crippen LogP contribution is 2.26. The van der Waals surface area contributed by atoms with Gasteiger partial charge >= 0.3 is 0 Å². The van der Waals surface area contributed by atoms with Gasteiger partial charge in [0, 0.05) is 18.0 Å². The molecule has 1 aromatic heterocycles. The zero-order chi connectivity index (χ0) is 14.7. The molecule has 106 valence electrons. The number of aromatic nitrogens is 1. The highest BCUT2D eigenvalue weighted by atomic mass is 16.5. The highest BCUT2D eigenvalue weighted by Gasteiger charge is 2.12. The molecule has 0 fully saturated rings. The number of pyridine rings is 1. The molecule has 2 aromatic carbocycles. The Kier molecular flexibility index (Phi) is 3.84. The molecule has 0 bridgehead atoms. The second-order valence-corrected chi connectivity index (χ2v) is 4.99. The minimum Gasteiger partial charge on any atom is -0.497 e. The topological polar surface area (TPSA) is 42.4 Å². The van der Waals surface area contributed by atoms with Gasteiger partial charge in [-0.3, -0.25) is 4.98 Å². The van der Waals surface area contributed by atoms with Crippen molar-refractivity contribution >= 4 is 10.9 Å². The molecule has 0 saturated carbocycles. The van der Waals surface area contributed by atoms with Gasteiger partial charge in [0.25, 0.3) is 0 Å². The molecule has 0 aliphatic rings. The first-order valence-electron chi connectivity index (χ1n) is 6.92. The second kappa shape index (κ2) is 5.94. The molecule has 1 N–H and O–H groups in total. The molecule has 0 amide bonds. The summed E-state index contributed by atoms with van der Waals surface area (Å²) in [4.78, 5) is 4.33. The molecule has 0 aliphatic carbocycles. The van der Waals surface area contributed by atoms with Crippen molar-refractivity contribution in [3.05, 3.63) is 71.9 Å². The van der Waals surface area contributed by atoms with Crippen molar-refractivity contribution in [1.82, 2.24) is 4.98 Å². The number of methoxy groups -OCH3 is 1. The lowest BCUT2D eigenvalue weighted by molar-refractivity contribution is 0.180. The summed E-state index contributed by atoms with van der Waals surface area (Å²) in [6.45, 7) is 0. The minimum absolute atomic E-state index is 0.547. The lowest BCUT2D eigenvalue weighted by Crippen LogP contribution is -2.03. The number of rotatable bonds is 4. The molecule has 1 unspecified atom stereocenters. The van der Waals surface area contributed by atoms with Crippen LogP contribution in [0.1, 0.15) is 17.2 Å². The number of aliphatic hydroxyl groups is 1. The Morgan fingerprint density at radius 2 is 1.95 bits per heavy atom. The van der Waals surface area contributed by atoms with E-state index in [1.807, 2.05) is 54.6 Å². The zero-order valence-electron chi connectivity index (χ0n) is 11.9. The van der Waals surface area contributed by atoms with E-state index >= 15 is 0 Å². The van der Waals surface area contributed by atoms with E-state index < -0.39 is 6.10 Å². The molecule has 0 aliphatic heterocycles. The van der Waals surface area contributed by atoms with Gasteiger partial charge in [-0.2, -0.15) is 0 Å². The molecule has 1 atom stereocenters. The number of hydrogen-bond donors (Lipinski definition) is 1. The normalized spacial score (nSPS) is 12.3. The van der Waals surface area contributed by atoms with Crippen molar-refractivity contribution in [3.8, 4) is 5.75 Å². The SMILES string of the molecule is COc1cccc(CC(O)c2cccc3ncccc23)c1. The summed E-state index contributed by atoms with van der Waals surface area (Å²) in [5, 5.41) is 11.6. The van der Waals surface area contributed by atoms with Crippen LogP contribution in [0.5, 0.6) is 5.75 Å². The van der Waals surface area contributed by atoms with Crippen LogP contribution >= 0.6 is 0 Å². The van der Waals surface area contributed by atoms with E-state index in [0.29, 0.717) is 6.42 Å². The summed E-state index contributed by atoms with van der Waals surface area (Å²) >= 11 is 0. The van der Waals surface area contributed by atoms with Gasteiger partial charge < -0.3 is 9.84 Å². The van der Waals surface area contributed by atoms with Crippen molar-refractivity contribution in [3.63, 3.8) is 0 Å². The fourth-order valence-electron chi connectivity index (χ4n) is 2.55. The highest BCUT2D eigenvalue weighted by molar-refractivity contribution is 5.82. The zero-order valence-corrected chi connectivity index (χ0v) is 11.9. The van der Waals surface area contributed by atoms with Gasteiger partial charge in [0.05, 0.1) is 18.7 Å². The summed E-state index contributed by atoms with van der Waals surface area (Å²) in [7, 11) is 1.64. The number of nitrogens with zero attached hydrogens (tertiary/aromatic N) is 1. The fraction of sp³-hybridized carbons (Fsp3) is 0.167. The lowest BCUT2D eigenvalue weighted by Gasteiger charge is -2.14. The van der Waals surface area contributed by atoms with Crippen LogP contribution < -0.4 is 4.74 Å². The van der Waals surface area contributed by atoms with E-state index in [4.69, 9.17) is 4.74 Å². The van der Waals surface area contributed by atoms with Crippen LogP contribution in [0.3, 0.4) is 0 Å². The van der Waals surface area contributed by atoms with E-state index in [1.54, 1.807) is 13.3 Å². The molecule has 0 radical (unpaired) electrons. The molecule has 21 heavy (non-hydrogen) atoms. The van der Waals surface area contributed by atoms with Gasteiger partial charge in [-0.15, -0.1) is 0 Å². The third kappa shape index (κ3) is 2.88. The van der Waals surface area contributed by atoms with Crippen LogP contribution in [0, 0.1) is 0 Å². The van der Waals surface area contributed by atoms with Crippen LogP contribution in [0.2, 0.25) is 0 Å². The van der Waals surface area contributed by atoms with Gasteiger partial charge in [-0.05, 0) is 35.4 Å². The molecular weight excluding hydrogens is 262 g/mol. The quantitative estimate of drug-likeness (QED) is 0.794. The van der Waals surface area contributed by atoms with Crippen LogP contribution in [0.25, 0.3) is 10.9 Å². The number of hydrogen-bond acceptors (Lipinski definition) is 3. The first-order chi connectivity index (χ1) is 10.3. The maximum Gasteiger partial charge on any atom is 0.119 e. The maximum atomic E-state index is 10.6. The average Bonchev–Trinajstić information content (AvgIpc) is 2.54. The average molecular weight is 279 g/mol. The van der Waals surface area contributed by atoms with Gasteiger partial charge in [0.15, 0.2) is 0 Å². The molecule has 0 spiro atoms. The van der Waals surface area contributed by atoms with Crippen molar-refractivity contribution in [1.29, 1.82) is 0 Å². The maximum absolute atomic E-state index is 10.6. The summed E-state index contributed by atoms with van der Waals surface area (Å²) in [6, 6.07) is 17.5. The standard InChI is InChI=1S/C18H17NO2/c1-21-14-6-2-5-13(11-14)12-18(20)16-7-3-9-17-15(16)8-4-10-19-17/h2-11,18,20H,12H2,1H3. The van der Waals surface area contributed by atoms with Gasteiger partial charge in [-0.25, -0.2) is 0 Å². The number of aliphatic hydroxyl groups excluding tert-OH is 1. The van der Waals surface area contributed by atoms with Crippen molar-refractivity contribution < 1.29 is 9.84 Å². The van der Waals surface area contributed by atoms with E-state index in [0.717, 1.165) is 27.8 Å². The van der Waals surface area contributed by atoms with E-state index in [2.05, 4.69) is 4.98 Å². The molecule has 1 heterocycles. The molecule has 3 rings (SSSR count). The predicted octanol–water partition coefficient (Wildman–Crippen LogP) is 3.52. The molecule has 3 heteroatoms. The van der Waals surface area contributed by atoms with Crippen LogP contribution in [0.15, 0.2) is 60.8 Å². The summed E-state index contributed by atoms with van der Waals surface area (Å²) in [6.07, 6.45) is 1.75. The van der Waals surface area contributed by atoms with Gasteiger partial charge in [-0.1, -0.05) is 30.3 Å². The van der Waals surface area contributed by atoms with Gasteiger partial charge in [0.1, 0.15) is 5.75 Å². The third-order valence-corrected chi connectivity index (χ3v) is 3.60. The van der Waals surface area contributed by atoms with E-state index in [-0.39, 0.29) is 0 Å². The Morgan fingerprint density at radius 1 is 1.10 bits per heavy atom. The Bertz CT molecular complexity index is 750. The molecule has 3 aromatic rings. The van der Waals surface area contributed by atoms with Crippen molar-refractivity contribution in [2.45, 2.75) is 12.5 Å². The van der Waals surface area contributed by atoms with E-state index in [9.17, 15) is 5.11 Å². The number of fused-ring (bicyclic) bond motifs is 1. The Balaban J connectivity index is 1.91. The fourth-order valence-corrected chi connectivity index (χ4v) is 2.55. The molecule has 0 saturated heterocycles. The van der Waals surface area contributed by atoms with Crippen molar-refractivity contribution in [2.24, 2.45) is 0 Å². The van der Waals surface area contributed by atoms with Crippen LogP contribution in [-0.2, 0) is 6.42 Å². The van der Waals surface area contributed by atoms with Crippen molar-refractivity contribution in [2.75, 3.05) is 7.11 Å². The predicted molar refractivity (Wildman–Crippen MR) is 83.4 cm³/mol. The first kappa shape index (κ1) is 13.6. The largest absolute Gasteiger partial charge is 0.497 e. The Labute approximate surface area is 123 Å². The van der Waals surface area contributed by atoms with Gasteiger partial charge in [0.2, 0.25) is 0 Å². The Hall–Kier alpha value is -2.39. The van der Waals surface area contributed by atoms with E-state index in [1.165, 1.54) is 0 Å². The second-order valence-electron chi connectivity index (χ2n) is 4.99. The Morgan fingerprint density at radius 3 is 2.81 bits per heavy atom. The smallest absolute Gasteiger partial charge is 0.119 e. The first-order valence-corrected chi connectivity index (χ1v) is 6.92. The number of ether oxygens (including phenoxy) is 1. The monoisotopic (exact) mass is 279 g/mol. The summed E-state index contributed by atoms with van der Waals surface area (Å²) in [5.41, 5.74) is 2.85. The van der Waals surface area contributed by atoms with Crippen LogP contribution in [0.4, 0.5) is 0 Å². The third-order valence-electron chi connectivity index (χ3n) is 3.60. The lowest BCUT2D eigenvalue weighted by atomic mass is 9.98.